The first kappa shape index (κ1) is 13.5. The fourth-order valence-electron chi connectivity index (χ4n) is 2.74. The van der Waals surface area contributed by atoms with Crippen molar-refractivity contribution in [2.24, 2.45) is 0 Å². The molecule has 0 aromatic carbocycles. The summed E-state index contributed by atoms with van der Waals surface area (Å²) in [7, 11) is 0. The van der Waals surface area contributed by atoms with E-state index in [9.17, 15) is 0 Å². The SMILES string of the molecule is CC(Cn1c(-c2ccccn2)n[nH]c1=S)N1CCCC1. The zero-order valence-electron chi connectivity index (χ0n) is 11.6. The Bertz CT molecular complexity index is 612. The number of hydrogen-bond acceptors (Lipinski definition) is 4. The Morgan fingerprint density at radius 2 is 2.15 bits per heavy atom. The molecule has 0 aliphatic carbocycles. The summed E-state index contributed by atoms with van der Waals surface area (Å²) < 4.78 is 2.72. The van der Waals surface area contributed by atoms with E-state index in [2.05, 4.69) is 31.6 Å². The topological polar surface area (TPSA) is 49.7 Å². The normalized spacial score (nSPS) is 17.4. The van der Waals surface area contributed by atoms with Crippen LogP contribution in [0.2, 0.25) is 0 Å². The number of aromatic nitrogens is 4. The van der Waals surface area contributed by atoms with Gasteiger partial charge in [-0.1, -0.05) is 6.07 Å². The molecule has 0 amide bonds. The molecule has 3 rings (SSSR count). The molecule has 2 aromatic rings. The fraction of sp³-hybridized carbons (Fsp3) is 0.500. The molecule has 3 heterocycles. The molecular weight excluding hydrogens is 270 g/mol. The Morgan fingerprint density at radius 1 is 1.35 bits per heavy atom. The average Bonchev–Trinajstić information content (AvgIpc) is 3.11. The van der Waals surface area contributed by atoms with Crippen molar-refractivity contribution in [3.63, 3.8) is 0 Å². The quantitative estimate of drug-likeness (QED) is 0.879. The standard InChI is InChI=1S/C14H19N5S/c1-11(18-8-4-5-9-18)10-19-13(16-17-14(19)20)12-6-2-3-7-15-12/h2-3,6-7,11H,4-5,8-10H2,1H3,(H,17,20). The predicted octanol–water partition coefficient (Wildman–Crippen LogP) is 2.49. The summed E-state index contributed by atoms with van der Waals surface area (Å²) in [5.74, 6) is 0.821. The van der Waals surface area contributed by atoms with E-state index >= 15 is 0 Å². The zero-order valence-corrected chi connectivity index (χ0v) is 12.4. The van der Waals surface area contributed by atoms with Gasteiger partial charge in [-0.25, -0.2) is 0 Å². The van der Waals surface area contributed by atoms with E-state index in [0.717, 1.165) is 18.1 Å². The monoisotopic (exact) mass is 289 g/mol. The van der Waals surface area contributed by atoms with Crippen molar-refractivity contribution >= 4 is 12.2 Å². The van der Waals surface area contributed by atoms with Crippen LogP contribution in [-0.4, -0.2) is 43.8 Å². The molecule has 1 N–H and O–H groups in total. The van der Waals surface area contributed by atoms with Gasteiger partial charge in [0.25, 0.3) is 0 Å². The number of likely N-dealkylation sites (tertiary alicyclic amines) is 1. The number of rotatable bonds is 4. The fourth-order valence-corrected chi connectivity index (χ4v) is 2.95. The first-order valence-electron chi connectivity index (χ1n) is 7.06. The van der Waals surface area contributed by atoms with E-state index in [1.54, 1.807) is 6.20 Å². The highest BCUT2D eigenvalue weighted by Crippen LogP contribution is 2.17. The Hall–Kier alpha value is -1.53. The summed E-state index contributed by atoms with van der Waals surface area (Å²) in [6.45, 7) is 5.47. The predicted molar refractivity (Wildman–Crippen MR) is 80.9 cm³/mol. The van der Waals surface area contributed by atoms with Crippen molar-refractivity contribution in [2.75, 3.05) is 13.1 Å². The number of H-pyrrole nitrogens is 1. The van der Waals surface area contributed by atoms with Crippen molar-refractivity contribution in [1.29, 1.82) is 0 Å². The van der Waals surface area contributed by atoms with Crippen LogP contribution < -0.4 is 0 Å². The molecule has 1 fully saturated rings. The minimum absolute atomic E-state index is 0.462. The van der Waals surface area contributed by atoms with Gasteiger partial charge in [0.05, 0.1) is 0 Å². The molecule has 0 saturated carbocycles. The van der Waals surface area contributed by atoms with Crippen LogP contribution in [-0.2, 0) is 6.54 Å². The van der Waals surface area contributed by atoms with Crippen molar-refractivity contribution in [3.05, 3.63) is 29.2 Å². The van der Waals surface area contributed by atoms with Crippen LogP contribution in [0, 0.1) is 4.77 Å². The largest absolute Gasteiger partial charge is 0.299 e. The third-order valence-electron chi connectivity index (χ3n) is 3.86. The third-order valence-corrected chi connectivity index (χ3v) is 4.17. The van der Waals surface area contributed by atoms with Gasteiger partial charge < -0.3 is 0 Å². The lowest BCUT2D eigenvalue weighted by atomic mass is 10.2. The minimum atomic E-state index is 0.462. The Kier molecular flexibility index (Phi) is 3.93. The van der Waals surface area contributed by atoms with Crippen LogP contribution in [0.25, 0.3) is 11.5 Å². The molecule has 6 heteroatoms. The lowest BCUT2D eigenvalue weighted by Crippen LogP contribution is -2.33. The van der Waals surface area contributed by atoms with E-state index in [4.69, 9.17) is 12.2 Å². The van der Waals surface area contributed by atoms with Gasteiger partial charge in [0, 0.05) is 18.8 Å². The van der Waals surface area contributed by atoms with E-state index in [0.29, 0.717) is 10.8 Å². The smallest absolute Gasteiger partial charge is 0.195 e. The van der Waals surface area contributed by atoms with Crippen LogP contribution in [0.5, 0.6) is 0 Å². The Morgan fingerprint density at radius 3 is 2.85 bits per heavy atom. The Labute approximate surface area is 123 Å². The summed E-state index contributed by atoms with van der Waals surface area (Å²) in [4.78, 5) is 6.88. The molecule has 5 nitrogen and oxygen atoms in total. The summed E-state index contributed by atoms with van der Waals surface area (Å²) in [6.07, 6.45) is 4.38. The molecular formula is C14H19N5S. The first-order chi connectivity index (χ1) is 9.75. The van der Waals surface area contributed by atoms with Gasteiger partial charge in [0.15, 0.2) is 10.6 Å². The molecule has 0 spiro atoms. The van der Waals surface area contributed by atoms with Crippen molar-refractivity contribution in [2.45, 2.75) is 32.4 Å². The van der Waals surface area contributed by atoms with E-state index in [-0.39, 0.29) is 0 Å². The summed E-state index contributed by atoms with van der Waals surface area (Å²) >= 11 is 5.36. The van der Waals surface area contributed by atoms with Gasteiger partial charge in [-0.05, 0) is 57.2 Å². The molecule has 1 saturated heterocycles. The van der Waals surface area contributed by atoms with Gasteiger partial charge in [-0.2, -0.15) is 5.10 Å². The zero-order chi connectivity index (χ0) is 13.9. The van der Waals surface area contributed by atoms with Gasteiger partial charge in [-0.15, -0.1) is 0 Å². The van der Waals surface area contributed by atoms with Gasteiger partial charge in [-0.3, -0.25) is 19.5 Å². The second-order valence-electron chi connectivity index (χ2n) is 5.27. The lowest BCUT2D eigenvalue weighted by molar-refractivity contribution is 0.235. The van der Waals surface area contributed by atoms with Crippen molar-refractivity contribution < 1.29 is 0 Å². The number of pyridine rings is 1. The number of nitrogens with zero attached hydrogens (tertiary/aromatic N) is 4. The van der Waals surface area contributed by atoms with Crippen LogP contribution in [0.4, 0.5) is 0 Å². The molecule has 0 bridgehead atoms. The summed E-state index contributed by atoms with van der Waals surface area (Å²) in [5.41, 5.74) is 0.855. The number of hydrogen-bond donors (Lipinski definition) is 1. The van der Waals surface area contributed by atoms with Gasteiger partial charge in [0.1, 0.15) is 5.69 Å². The number of aromatic amines is 1. The average molecular weight is 289 g/mol. The molecule has 1 aliphatic rings. The maximum absolute atomic E-state index is 5.36. The molecule has 1 unspecified atom stereocenters. The maximum atomic E-state index is 5.36. The van der Waals surface area contributed by atoms with E-state index in [1.807, 2.05) is 18.2 Å². The first-order valence-corrected chi connectivity index (χ1v) is 7.47. The van der Waals surface area contributed by atoms with Crippen LogP contribution in [0.15, 0.2) is 24.4 Å². The van der Waals surface area contributed by atoms with E-state index in [1.165, 1.54) is 25.9 Å². The summed E-state index contributed by atoms with van der Waals surface area (Å²) in [5, 5.41) is 7.22. The van der Waals surface area contributed by atoms with Crippen LogP contribution in [0.3, 0.4) is 0 Å². The highest BCUT2D eigenvalue weighted by Gasteiger charge is 2.20. The van der Waals surface area contributed by atoms with Crippen molar-refractivity contribution in [1.82, 2.24) is 24.6 Å². The van der Waals surface area contributed by atoms with Crippen molar-refractivity contribution in [3.8, 4) is 11.5 Å². The van der Waals surface area contributed by atoms with Gasteiger partial charge >= 0.3 is 0 Å². The third kappa shape index (κ3) is 2.66. The lowest BCUT2D eigenvalue weighted by Gasteiger charge is -2.24. The second kappa shape index (κ2) is 5.85. The van der Waals surface area contributed by atoms with E-state index < -0.39 is 0 Å². The molecule has 1 aliphatic heterocycles. The minimum Gasteiger partial charge on any atom is -0.299 e. The highest BCUT2D eigenvalue weighted by molar-refractivity contribution is 7.71. The molecule has 0 radical (unpaired) electrons. The molecule has 2 aromatic heterocycles. The molecule has 1 atom stereocenters. The summed E-state index contributed by atoms with van der Waals surface area (Å²) in [6, 6.07) is 6.29. The Balaban J connectivity index is 1.86. The number of nitrogens with one attached hydrogen (secondary N) is 1. The van der Waals surface area contributed by atoms with Gasteiger partial charge in [0.2, 0.25) is 0 Å². The van der Waals surface area contributed by atoms with Crippen LogP contribution in [0.1, 0.15) is 19.8 Å². The van der Waals surface area contributed by atoms with Crippen LogP contribution >= 0.6 is 12.2 Å². The molecule has 106 valence electrons. The molecule has 20 heavy (non-hydrogen) atoms. The second-order valence-corrected chi connectivity index (χ2v) is 5.66. The highest BCUT2D eigenvalue weighted by atomic mass is 32.1. The maximum Gasteiger partial charge on any atom is 0.195 e.